The zero-order chi connectivity index (χ0) is 11.5. The molecule has 1 fully saturated rings. The maximum atomic E-state index is 12.8. The van der Waals surface area contributed by atoms with Crippen LogP contribution in [0.1, 0.15) is 39.5 Å². The summed E-state index contributed by atoms with van der Waals surface area (Å²) in [7, 11) is 0. The van der Waals surface area contributed by atoms with E-state index in [9.17, 15) is 13.2 Å². The highest BCUT2D eigenvalue weighted by Gasteiger charge is 2.47. The van der Waals surface area contributed by atoms with Gasteiger partial charge in [-0.2, -0.15) is 13.2 Å². The molecule has 0 aromatic carbocycles. The van der Waals surface area contributed by atoms with E-state index in [0.29, 0.717) is 6.42 Å². The first kappa shape index (κ1) is 12.8. The molecular formula is C11H20F3N. The van der Waals surface area contributed by atoms with Crippen molar-refractivity contribution in [2.75, 3.05) is 6.54 Å². The Morgan fingerprint density at radius 1 is 1.27 bits per heavy atom. The van der Waals surface area contributed by atoms with Gasteiger partial charge in [-0.3, -0.25) is 0 Å². The van der Waals surface area contributed by atoms with Crippen molar-refractivity contribution in [3.8, 4) is 0 Å². The summed E-state index contributed by atoms with van der Waals surface area (Å²) in [5.41, 5.74) is 0. The first-order valence-corrected chi connectivity index (χ1v) is 5.80. The van der Waals surface area contributed by atoms with Crippen LogP contribution in [0.25, 0.3) is 0 Å². The van der Waals surface area contributed by atoms with Crippen molar-refractivity contribution < 1.29 is 13.2 Å². The summed E-state index contributed by atoms with van der Waals surface area (Å²) in [6.07, 6.45) is -1.47. The molecule has 1 saturated heterocycles. The second-order valence-electron chi connectivity index (χ2n) is 4.35. The van der Waals surface area contributed by atoms with Gasteiger partial charge in [-0.25, -0.2) is 0 Å². The van der Waals surface area contributed by atoms with Crippen molar-refractivity contribution in [1.29, 1.82) is 0 Å². The first-order chi connectivity index (χ1) is 7.00. The van der Waals surface area contributed by atoms with Crippen molar-refractivity contribution in [1.82, 2.24) is 5.32 Å². The van der Waals surface area contributed by atoms with Crippen LogP contribution in [0.3, 0.4) is 0 Å². The van der Waals surface area contributed by atoms with Crippen LogP contribution >= 0.6 is 0 Å². The quantitative estimate of drug-likeness (QED) is 0.773. The van der Waals surface area contributed by atoms with Gasteiger partial charge in [-0.05, 0) is 25.3 Å². The summed E-state index contributed by atoms with van der Waals surface area (Å²) in [4.78, 5) is 0. The minimum atomic E-state index is -4.04. The molecule has 4 heteroatoms. The molecule has 90 valence electrons. The molecule has 2 atom stereocenters. The molecule has 1 rings (SSSR count). The molecule has 15 heavy (non-hydrogen) atoms. The summed E-state index contributed by atoms with van der Waals surface area (Å²) in [6, 6.07) is -0.367. The number of nitrogens with one attached hydrogen (secondary N) is 1. The average Bonchev–Trinajstić information content (AvgIpc) is 2.19. The van der Waals surface area contributed by atoms with Crippen molar-refractivity contribution in [2.24, 2.45) is 11.8 Å². The molecule has 1 aliphatic rings. The summed E-state index contributed by atoms with van der Waals surface area (Å²) < 4.78 is 38.4. The monoisotopic (exact) mass is 223 g/mol. The van der Waals surface area contributed by atoms with E-state index in [1.807, 2.05) is 13.8 Å². The molecule has 0 aromatic heterocycles. The van der Waals surface area contributed by atoms with Gasteiger partial charge in [-0.1, -0.05) is 26.7 Å². The average molecular weight is 223 g/mol. The van der Waals surface area contributed by atoms with Gasteiger partial charge < -0.3 is 5.32 Å². The van der Waals surface area contributed by atoms with Crippen LogP contribution in [0.5, 0.6) is 0 Å². The fraction of sp³-hybridized carbons (Fsp3) is 1.00. The van der Waals surface area contributed by atoms with E-state index in [2.05, 4.69) is 5.32 Å². The minimum Gasteiger partial charge on any atom is -0.313 e. The van der Waals surface area contributed by atoms with E-state index in [1.54, 1.807) is 0 Å². The van der Waals surface area contributed by atoms with Crippen molar-refractivity contribution >= 4 is 0 Å². The Balaban J connectivity index is 2.73. The van der Waals surface area contributed by atoms with E-state index in [-0.39, 0.29) is 18.4 Å². The molecule has 1 N–H and O–H groups in total. The lowest BCUT2D eigenvalue weighted by molar-refractivity contribution is -0.192. The summed E-state index contributed by atoms with van der Waals surface area (Å²) in [5, 5.41) is 3.06. The number of halogens is 3. The number of rotatable bonds is 3. The van der Waals surface area contributed by atoms with Crippen LogP contribution in [0.2, 0.25) is 0 Å². The lowest BCUT2D eigenvalue weighted by Gasteiger charge is -2.38. The normalized spacial score (nSPS) is 28.4. The predicted molar refractivity (Wildman–Crippen MR) is 54.6 cm³/mol. The Morgan fingerprint density at radius 2 is 1.87 bits per heavy atom. The molecule has 0 spiro atoms. The number of hydrogen-bond acceptors (Lipinski definition) is 1. The van der Waals surface area contributed by atoms with Crippen LogP contribution < -0.4 is 5.32 Å². The Hall–Kier alpha value is -0.250. The van der Waals surface area contributed by atoms with E-state index in [0.717, 1.165) is 19.4 Å². The lowest BCUT2D eigenvalue weighted by atomic mass is 9.80. The van der Waals surface area contributed by atoms with E-state index in [4.69, 9.17) is 0 Å². The number of hydrogen-bond donors (Lipinski definition) is 1. The van der Waals surface area contributed by atoms with Gasteiger partial charge in [0.15, 0.2) is 0 Å². The highest BCUT2D eigenvalue weighted by atomic mass is 19.4. The molecule has 0 bridgehead atoms. The van der Waals surface area contributed by atoms with Gasteiger partial charge in [0, 0.05) is 6.04 Å². The van der Waals surface area contributed by atoms with Gasteiger partial charge in [-0.15, -0.1) is 0 Å². The van der Waals surface area contributed by atoms with E-state index in [1.165, 1.54) is 0 Å². The summed E-state index contributed by atoms with van der Waals surface area (Å²) in [5.74, 6) is -0.993. The standard InChI is InChI=1S/C11H20F3N/c1-3-8(4-2)10-9(11(12,13)14)6-5-7-15-10/h8-10,15H,3-7H2,1-2H3. The van der Waals surface area contributed by atoms with Crippen molar-refractivity contribution in [2.45, 2.75) is 51.7 Å². The third-order valence-electron chi connectivity index (χ3n) is 3.48. The Kier molecular flexibility index (Phi) is 4.44. The topological polar surface area (TPSA) is 12.0 Å². The fourth-order valence-corrected chi connectivity index (χ4v) is 2.57. The van der Waals surface area contributed by atoms with Crippen LogP contribution in [-0.2, 0) is 0 Å². The Morgan fingerprint density at radius 3 is 2.33 bits per heavy atom. The van der Waals surface area contributed by atoms with E-state index >= 15 is 0 Å². The van der Waals surface area contributed by atoms with Gasteiger partial charge in [0.1, 0.15) is 0 Å². The maximum absolute atomic E-state index is 12.8. The summed E-state index contributed by atoms with van der Waals surface area (Å²) >= 11 is 0. The fourth-order valence-electron chi connectivity index (χ4n) is 2.57. The largest absolute Gasteiger partial charge is 0.393 e. The van der Waals surface area contributed by atoms with E-state index < -0.39 is 12.1 Å². The zero-order valence-corrected chi connectivity index (χ0v) is 9.40. The van der Waals surface area contributed by atoms with Crippen LogP contribution in [0.4, 0.5) is 13.2 Å². The molecular weight excluding hydrogens is 203 g/mol. The Bertz CT molecular complexity index is 187. The second-order valence-corrected chi connectivity index (χ2v) is 4.35. The van der Waals surface area contributed by atoms with Gasteiger partial charge in [0.25, 0.3) is 0 Å². The molecule has 0 saturated carbocycles. The van der Waals surface area contributed by atoms with Crippen molar-refractivity contribution in [3.63, 3.8) is 0 Å². The smallest absolute Gasteiger partial charge is 0.313 e. The van der Waals surface area contributed by atoms with Crippen LogP contribution in [-0.4, -0.2) is 18.8 Å². The third-order valence-corrected chi connectivity index (χ3v) is 3.48. The zero-order valence-electron chi connectivity index (χ0n) is 9.40. The highest BCUT2D eigenvalue weighted by molar-refractivity contribution is 4.89. The molecule has 1 aliphatic heterocycles. The minimum absolute atomic E-state index is 0.150. The van der Waals surface area contributed by atoms with Gasteiger partial charge in [0.05, 0.1) is 5.92 Å². The molecule has 1 heterocycles. The van der Waals surface area contributed by atoms with Gasteiger partial charge >= 0.3 is 6.18 Å². The van der Waals surface area contributed by atoms with Crippen LogP contribution in [0.15, 0.2) is 0 Å². The third kappa shape index (κ3) is 3.10. The lowest BCUT2D eigenvalue weighted by Crippen LogP contribution is -2.51. The predicted octanol–water partition coefficient (Wildman–Crippen LogP) is 3.35. The molecule has 0 aliphatic carbocycles. The molecule has 0 aromatic rings. The highest BCUT2D eigenvalue weighted by Crippen LogP contribution is 2.38. The number of alkyl halides is 3. The SMILES string of the molecule is CCC(CC)C1NCCCC1C(F)(F)F. The molecule has 2 unspecified atom stereocenters. The molecule has 1 nitrogen and oxygen atoms in total. The molecule has 0 amide bonds. The molecule has 0 radical (unpaired) electrons. The number of piperidine rings is 1. The van der Waals surface area contributed by atoms with Crippen molar-refractivity contribution in [3.05, 3.63) is 0 Å². The summed E-state index contributed by atoms with van der Waals surface area (Å²) in [6.45, 7) is 4.67. The second kappa shape index (κ2) is 5.19. The first-order valence-electron chi connectivity index (χ1n) is 5.80. The van der Waals surface area contributed by atoms with Gasteiger partial charge in [0.2, 0.25) is 0 Å². The van der Waals surface area contributed by atoms with Crippen LogP contribution in [0, 0.1) is 11.8 Å². The Labute approximate surface area is 89.4 Å². The maximum Gasteiger partial charge on any atom is 0.393 e.